The Kier molecular flexibility index (Phi) is 21.1. The maximum atomic E-state index is 12.1. The Morgan fingerprint density at radius 1 is 0.535 bits per heavy atom. The lowest BCUT2D eigenvalue weighted by Crippen LogP contribution is -2.68. The Morgan fingerprint density at radius 2 is 1.02 bits per heavy atom. The zero-order chi connectivity index (χ0) is 62.2. The summed E-state index contributed by atoms with van der Waals surface area (Å²) in [5, 5.41) is 193. The minimum Gasteiger partial charge on any atom is -0.394 e. The van der Waals surface area contributed by atoms with Crippen LogP contribution in [0.15, 0.2) is 11.6 Å². The predicted molar refractivity (Wildman–Crippen MR) is 284 cm³/mol. The second kappa shape index (κ2) is 26.9. The molecule has 3 saturated carbocycles. The van der Waals surface area contributed by atoms with Crippen molar-refractivity contribution >= 4 is 0 Å². The first-order valence-corrected chi connectivity index (χ1v) is 30.6. The van der Waals surface area contributed by atoms with Crippen LogP contribution in [0.5, 0.6) is 0 Å². The van der Waals surface area contributed by atoms with Crippen molar-refractivity contribution in [3.8, 4) is 0 Å². The molecule has 0 aromatic heterocycles. The molecule has 29 nitrogen and oxygen atoms in total. The van der Waals surface area contributed by atoms with E-state index in [2.05, 4.69) is 26.8 Å². The highest BCUT2D eigenvalue weighted by Gasteiger charge is 2.68. The normalized spacial score (nSPS) is 54.3. The van der Waals surface area contributed by atoms with Crippen molar-refractivity contribution in [2.45, 2.75) is 257 Å². The Hall–Kier alpha value is -1.42. The molecule has 496 valence electrons. The van der Waals surface area contributed by atoms with E-state index in [1.165, 1.54) is 5.57 Å². The van der Waals surface area contributed by atoms with Crippen molar-refractivity contribution in [3.05, 3.63) is 11.6 Å². The van der Waals surface area contributed by atoms with Crippen LogP contribution in [0.4, 0.5) is 0 Å². The van der Waals surface area contributed by atoms with Gasteiger partial charge in [0.05, 0.1) is 51.8 Å². The van der Waals surface area contributed by atoms with Crippen LogP contribution in [0.25, 0.3) is 0 Å². The fourth-order valence-electron chi connectivity index (χ4n) is 16.5. The zero-order valence-corrected chi connectivity index (χ0v) is 48.8. The van der Waals surface area contributed by atoms with Crippen molar-refractivity contribution in [3.63, 3.8) is 0 Å². The molecule has 4 aliphatic carbocycles. The lowest BCUT2D eigenvalue weighted by atomic mass is 9.47. The van der Waals surface area contributed by atoms with Gasteiger partial charge >= 0.3 is 0 Å². The second-order valence-corrected chi connectivity index (χ2v) is 26.6. The van der Waals surface area contributed by atoms with Gasteiger partial charge in [-0.2, -0.15) is 0 Å². The average Bonchev–Trinajstić information content (AvgIpc) is 1.54. The summed E-state index contributed by atoms with van der Waals surface area (Å²) in [7, 11) is 0. The molecule has 6 heterocycles. The first kappa shape index (κ1) is 67.5. The molecule has 10 aliphatic rings. The van der Waals surface area contributed by atoms with Crippen LogP contribution in [-0.4, -0.2) is 303 Å². The first-order chi connectivity index (χ1) is 40.8. The molecule has 6 aliphatic heterocycles. The SMILES string of the molecule is CC(CCC1(O)OC2CC3C4CC=C5CC(OC6OC(CO)C(OC7OC(CO)C(O)C(OC8OC(CO)C(O)C(O)C8O)C7OC7OC(CO)C(O)C(O)C7O)C(O)C6O)CCC5(C)C4CCC3(C)C2C1C)COC1OC(CO)C(O)C(O)C1O. The summed E-state index contributed by atoms with van der Waals surface area (Å²) in [5.74, 6) is -0.470. The van der Waals surface area contributed by atoms with Gasteiger partial charge in [0.2, 0.25) is 0 Å². The summed E-state index contributed by atoms with van der Waals surface area (Å²) < 4.78 is 65.9. The van der Waals surface area contributed by atoms with Crippen LogP contribution in [0, 0.1) is 46.3 Å². The van der Waals surface area contributed by atoms with Gasteiger partial charge in [0.25, 0.3) is 0 Å². The van der Waals surface area contributed by atoms with Gasteiger partial charge in [-0.05, 0) is 91.8 Å². The standard InChI is InChI=1S/C57H94O29/c1-21(20-76-50-43(71)39(67)35(63)29(15-58)78-50)7-12-57(75)22(2)34-28(86-57)14-27-25-6-5-23-13-24(8-10-55(23,3)26(25)9-11-56(27,34)4)77-51-46(74)42(70)47(33(19-62)82-51)83-54-49(85-53-45(73)41(69)37(65)31(17-60)80-53)48(38(66)32(18-61)81-54)84-52-44(72)40(68)36(64)30(16-59)79-52/h5,21-22,24-54,58-75H,6-20H2,1-4H3. The number of rotatable bonds is 19. The molecule has 86 heavy (non-hydrogen) atoms. The van der Waals surface area contributed by atoms with E-state index in [9.17, 15) is 91.9 Å². The highest BCUT2D eigenvalue weighted by atomic mass is 16.8. The number of aliphatic hydroxyl groups is 18. The molecule has 0 radical (unpaired) electrons. The van der Waals surface area contributed by atoms with E-state index in [4.69, 9.17) is 52.1 Å². The van der Waals surface area contributed by atoms with E-state index in [0.29, 0.717) is 43.4 Å². The quantitative estimate of drug-likeness (QED) is 0.0535. The van der Waals surface area contributed by atoms with Gasteiger partial charge in [-0.25, -0.2) is 0 Å². The molecule has 0 aromatic carbocycles. The Labute approximate surface area is 497 Å². The molecular weight excluding hydrogens is 1150 g/mol. The molecule has 9 fully saturated rings. The lowest BCUT2D eigenvalue weighted by molar-refractivity contribution is -0.406. The average molecular weight is 1240 g/mol. The molecular formula is C57H94O29. The maximum Gasteiger partial charge on any atom is 0.187 e. The van der Waals surface area contributed by atoms with Crippen LogP contribution in [0.2, 0.25) is 0 Å². The minimum absolute atomic E-state index is 0.0949. The van der Waals surface area contributed by atoms with Crippen molar-refractivity contribution in [2.75, 3.05) is 39.6 Å². The van der Waals surface area contributed by atoms with Crippen molar-refractivity contribution in [1.29, 1.82) is 0 Å². The zero-order valence-electron chi connectivity index (χ0n) is 48.8. The van der Waals surface area contributed by atoms with Gasteiger partial charge in [-0.3, -0.25) is 0 Å². The molecule has 0 bridgehead atoms. The molecule has 36 unspecified atom stereocenters. The Bertz CT molecular complexity index is 2250. The molecule has 36 atom stereocenters. The van der Waals surface area contributed by atoms with Crippen molar-refractivity contribution < 1.29 is 144 Å². The smallest absolute Gasteiger partial charge is 0.187 e. The third-order valence-electron chi connectivity index (χ3n) is 21.7. The topological polar surface area (TPSA) is 466 Å². The van der Waals surface area contributed by atoms with E-state index >= 15 is 0 Å². The summed E-state index contributed by atoms with van der Waals surface area (Å²) >= 11 is 0. The Morgan fingerprint density at radius 3 is 1.60 bits per heavy atom. The van der Waals surface area contributed by atoms with Crippen LogP contribution < -0.4 is 0 Å². The van der Waals surface area contributed by atoms with Crippen LogP contribution in [-0.2, 0) is 52.1 Å². The third-order valence-corrected chi connectivity index (χ3v) is 21.7. The van der Waals surface area contributed by atoms with Crippen LogP contribution in [0.1, 0.15) is 85.5 Å². The van der Waals surface area contributed by atoms with E-state index in [-0.39, 0.29) is 41.3 Å². The highest BCUT2D eigenvalue weighted by molar-refractivity contribution is 5.26. The number of aliphatic hydroxyl groups excluding tert-OH is 17. The number of ether oxygens (including phenoxy) is 11. The van der Waals surface area contributed by atoms with Gasteiger partial charge in [-0.15, -0.1) is 0 Å². The second-order valence-electron chi connectivity index (χ2n) is 26.6. The largest absolute Gasteiger partial charge is 0.394 e. The van der Waals surface area contributed by atoms with Gasteiger partial charge in [0.1, 0.15) is 122 Å². The molecule has 0 amide bonds. The van der Waals surface area contributed by atoms with Crippen molar-refractivity contribution in [2.24, 2.45) is 46.3 Å². The number of hydrogen-bond acceptors (Lipinski definition) is 29. The van der Waals surface area contributed by atoms with E-state index in [1.54, 1.807) is 0 Å². The number of hydrogen-bond donors (Lipinski definition) is 18. The number of fused-ring (bicyclic) bond motifs is 7. The van der Waals surface area contributed by atoms with E-state index in [0.717, 1.165) is 32.1 Å². The van der Waals surface area contributed by atoms with E-state index < -0.39 is 198 Å². The number of allylic oxidation sites excluding steroid dienone is 1. The van der Waals surface area contributed by atoms with Gasteiger partial charge in [0.15, 0.2) is 37.2 Å². The lowest BCUT2D eigenvalue weighted by Gasteiger charge is -2.58. The maximum absolute atomic E-state index is 12.1. The molecule has 10 rings (SSSR count). The van der Waals surface area contributed by atoms with Gasteiger partial charge in [-0.1, -0.05) is 39.3 Å². The van der Waals surface area contributed by atoms with Crippen LogP contribution in [0.3, 0.4) is 0 Å². The summed E-state index contributed by atoms with van der Waals surface area (Å²) in [6.45, 7) is 4.71. The van der Waals surface area contributed by atoms with Crippen LogP contribution >= 0.6 is 0 Å². The molecule has 0 spiro atoms. The highest BCUT2D eigenvalue weighted by Crippen LogP contribution is 2.70. The summed E-state index contributed by atoms with van der Waals surface area (Å²) in [4.78, 5) is 0. The summed E-state index contributed by atoms with van der Waals surface area (Å²) in [6.07, 6.45) is -35.6. The van der Waals surface area contributed by atoms with Gasteiger partial charge in [0, 0.05) is 12.3 Å². The van der Waals surface area contributed by atoms with E-state index in [1.807, 2.05) is 6.92 Å². The predicted octanol–water partition coefficient (Wildman–Crippen LogP) is -6.21. The minimum atomic E-state index is -2.07. The third kappa shape index (κ3) is 12.3. The fourth-order valence-corrected chi connectivity index (χ4v) is 16.5. The van der Waals surface area contributed by atoms with Crippen molar-refractivity contribution in [1.82, 2.24) is 0 Å². The Balaban J connectivity index is 0.779. The molecule has 6 saturated heterocycles. The fraction of sp³-hybridized carbons (Fsp3) is 0.965. The summed E-state index contributed by atoms with van der Waals surface area (Å²) in [6, 6.07) is 0. The molecule has 29 heteroatoms. The monoisotopic (exact) mass is 1240 g/mol. The molecule has 18 N–H and O–H groups in total. The molecule has 0 aromatic rings. The van der Waals surface area contributed by atoms with Gasteiger partial charge < -0.3 is 144 Å². The summed E-state index contributed by atoms with van der Waals surface area (Å²) in [5.41, 5.74) is 0.939. The first-order valence-electron chi connectivity index (χ1n) is 30.6.